The number of carbonyl (C=O) groups excluding carboxylic acids is 1. The third-order valence-electron chi connectivity index (χ3n) is 3.33. The molecule has 0 radical (unpaired) electrons. The van der Waals surface area contributed by atoms with Crippen LogP contribution < -0.4 is 11.1 Å². The lowest BCUT2D eigenvalue weighted by Gasteiger charge is -2.35. The van der Waals surface area contributed by atoms with Gasteiger partial charge in [-0.3, -0.25) is 4.79 Å². The van der Waals surface area contributed by atoms with Crippen LogP contribution >= 0.6 is 12.4 Å². The van der Waals surface area contributed by atoms with Crippen molar-refractivity contribution in [3.05, 3.63) is 35.6 Å². The number of nitrogens with one attached hydrogen (secondary N) is 1. The van der Waals surface area contributed by atoms with Gasteiger partial charge in [0.1, 0.15) is 5.82 Å². The third-order valence-corrected chi connectivity index (χ3v) is 3.33. The molecular weight excluding hydrogens is 243 g/mol. The maximum absolute atomic E-state index is 12.9. The fourth-order valence-electron chi connectivity index (χ4n) is 2.30. The Morgan fingerprint density at radius 2 is 1.76 bits per heavy atom. The number of benzene rings is 1. The minimum Gasteiger partial charge on any atom is -0.369 e. The first kappa shape index (κ1) is 13.9. The van der Waals surface area contributed by atoms with E-state index in [0.29, 0.717) is 12.8 Å². The summed E-state index contributed by atoms with van der Waals surface area (Å²) in [5.41, 5.74) is 5.71. The van der Waals surface area contributed by atoms with Crippen LogP contribution in [-0.4, -0.2) is 19.0 Å². The summed E-state index contributed by atoms with van der Waals surface area (Å²) >= 11 is 0. The monoisotopic (exact) mass is 258 g/mol. The molecule has 1 fully saturated rings. The highest BCUT2D eigenvalue weighted by Gasteiger charge is 2.39. The molecule has 1 aromatic rings. The summed E-state index contributed by atoms with van der Waals surface area (Å²) in [6.07, 6.45) is 1.35. The Hall–Kier alpha value is -1.13. The summed E-state index contributed by atoms with van der Waals surface area (Å²) in [4.78, 5) is 11.7. The number of rotatable bonds is 2. The fraction of sp³-hybridized carbons (Fsp3) is 0.417. The lowest BCUT2D eigenvalue weighted by Crippen LogP contribution is -2.48. The number of amides is 1. The Labute approximate surface area is 106 Å². The summed E-state index contributed by atoms with van der Waals surface area (Å²) < 4.78 is 12.9. The highest BCUT2D eigenvalue weighted by molar-refractivity contribution is 5.87. The van der Waals surface area contributed by atoms with Crippen LogP contribution in [0.3, 0.4) is 0 Å². The van der Waals surface area contributed by atoms with Crippen molar-refractivity contribution in [1.82, 2.24) is 5.32 Å². The normalized spacial score (nSPS) is 18.2. The largest absolute Gasteiger partial charge is 0.369 e. The first-order chi connectivity index (χ1) is 7.65. The van der Waals surface area contributed by atoms with Gasteiger partial charge >= 0.3 is 0 Å². The molecular formula is C12H16ClFN2O. The molecule has 1 heterocycles. The molecule has 0 unspecified atom stereocenters. The predicted molar refractivity (Wildman–Crippen MR) is 66.6 cm³/mol. The Morgan fingerprint density at radius 3 is 2.24 bits per heavy atom. The average molecular weight is 259 g/mol. The molecule has 2 rings (SSSR count). The smallest absolute Gasteiger partial charge is 0.228 e. The van der Waals surface area contributed by atoms with Crippen molar-refractivity contribution in [3.63, 3.8) is 0 Å². The average Bonchev–Trinajstić information content (AvgIpc) is 2.30. The highest BCUT2D eigenvalue weighted by atomic mass is 35.5. The zero-order valence-electron chi connectivity index (χ0n) is 9.41. The van der Waals surface area contributed by atoms with Crippen molar-refractivity contribution in [3.8, 4) is 0 Å². The minimum absolute atomic E-state index is 0. The Morgan fingerprint density at radius 1 is 1.24 bits per heavy atom. The summed E-state index contributed by atoms with van der Waals surface area (Å²) in [5.74, 6) is -0.613. The summed E-state index contributed by atoms with van der Waals surface area (Å²) in [5, 5.41) is 3.19. The van der Waals surface area contributed by atoms with Gasteiger partial charge in [0.15, 0.2) is 0 Å². The number of piperidine rings is 1. The van der Waals surface area contributed by atoms with Crippen LogP contribution in [0.4, 0.5) is 4.39 Å². The van der Waals surface area contributed by atoms with Crippen molar-refractivity contribution in [2.75, 3.05) is 13.1 Å². The van der Waals surface area contributed by atoms with Gasteiger partial charge in [-0.05, 0) is 43.6 Å². The van der Waals surface area contributed by atoms with Gasteiger partial charge in [-0.2, -0.15) is 0 Å². The summed E-state index contributed by atoms with van der Waals surface area (Å²) in [6, 6.07) is 6.07. The van der Waals surface area contributed by atoms with Gasteiger partial charge < -0.3 is 11.1 Å². The quantitative estimate of drug-likeness (QED) is 0.842. The first-order valence-corrected chi connectivity index (χ1v) is 5.42. The number of primary amides is 1. The number of carbonyl (C=O) groups is 1. The zero-order valence-corrected chi connectivity index (χ0v) is 10.2. The van der Waals surface area contributed by atoms with Crippen molar-refractivity contribution in [2.45, 2.75) is 18.3 Å². The molecule has 0 spiro atoms. The Bertz CT molecular complexity index is 388. The first-order valence-electron chi connectivity index (χ1n) is 5.42. The number of halogens is 2. The van der Waals surface area contributed by atoms with E-state index in [-0.39, 0.29) is 24.1 Å². The van der Waals surface area contributed by atoms with Gasteiger partial charge in [0, 0.05) is 0 Å². The molecule has 5 heteroatoms. The van der Waals surface area contributed by atoms with Gasteiger partial charge in [-0.15, -0.1) is 12.4 Å². The van der Waals surface area contributed by atoms with E-state index in [2.05, 4.69) is 5.32 Å². The number of hydrogen-bond donors (Lipinski definition) is 2. The van der Waals surface area contributed by atoms with Crippen molar-refractivity contribution in [2.24, 2.45) is 5.73 Å². The molecule has 0 aliphatic carbocycles. The molecule has 0 atom stereocenters. The third kappa shape index (κ3) is 2.58. The zero-order chi connectivity index (χ0) is 11.6. The minimum atomic E-state index is -0.626. The van der Waals surface area contributed by atoms with Crippen LogP contribution in [0.2, 0.25) is 0 Å². The molecule has 0 saturated carbocycles. The van der Waals surface area contributed by atoms with E-state index in [1.54, 1.807) is 12.1 Å². The molecule has 3 N–H and O–H groups in total. The molecule has 1 amide bonds. The number of hydrogen-bond acceptors (Lipinski definition) is 2. The van der Waals surface area contributed by atoms with Crippen LogP contribution in [0.5, 0.6) is 0 Å². The summed E-state index contributed by atoms with van der Waals surface area (Å²) in [6.45, 7) is 1.53. The molecule has 17 heavy (non-hydrogen) atoms. The van der Waals surface area contributed by atoms with E-state index in [1.165, 1.54) is 12.1 Å². The van der Waals surface area contributed by atoms with Crippen molar-refractivity contribution in [1.29, 1.82) is 0 Å². The van der Waals surface area contributed by atoms with Crippen LogP contribution in [0.25, 0.3) is 0 Å². The highest BCUT2D eigenvalue weighted by Crippen LogP contribution is 2.33. The molecule has 1 aliphatic heterocycles. The lowest BCUT2D eigenvalue weighted by molar-refractivity contribution is -0.124. The van der Waals surface area contributed by atoms with E-state index in [9.17, 15) is 9.18 Å². The SMILES string of the molecule is Cl.NC(=O)C1(c2ccc(F)cc2)CCNCC1. The molecule has 1 aliphatic rings. The van der Waals surface area contributed by atoms with Crippen molar-refractivity contribution >= 4 is 18.3 Å². The van der Waals surface area contributed by atoms with Crippen LogP contribution in [0, 0.1) is 5.82 Å². The van der Waals surface area contributed by atoms with E-state index >= 15 is 0 Å². The van der Waals surface area contributed by atoms with Crippen LogP contribution in [-0.2, 0) is 10.2 Å². The standard InChI is InChI=1S/C12H15FN2O.ClH/c13-10-3-1-9(2-4-10)12(11(14)16)5-7-15-8-6-12;/h1-4,15H,5-8H2,(H2,14,16);1H. The lowest BCUT2D eigenvalue weighted by atomic mass is 9.72. The number of nitrogens with two attached hydrogens (primary N) is 1. The Balaban J connectivity index is 0.00000144. The molecule has 0 bridgehead atoms. The van der Waals surface area contributed by atoms with Crippen LogP contribution in [0.15, 0.2) is 24.3 Å². The second-order valence-electron chi connectivity index (χ2n) is 4.20. The maximum Gasteiger partial charge on any atom is 0.228 e. The second kappa shape index (κ2) is 5.47. The molecule has 3 nitrogen and oxygen atoms in total. The van der Waals surface area contributed by atoms with Gasteiger partial charge in [0.05, 0.1) is 5.41 Å². The topological polar surface area (TPSA) is 55.1 Å². The van der Waals surface area contributed by atoms with E-state index < -0.39 is 5.41 Å². The molecule has 1 aromatic carbocycles. The van der Waals surface area contributed by atoms with Gasteiger partial charge in [-0.25, -0.2) is 4.39 Å². The molecule has 1 saturated heterocycles. The van der Waals surface area contributed by atoms with E-state index in [1.807, 2.05) is 0 Å². The van der Waals surface area contributed by atoms with Gasteiger partial charge in [0.25, 0.3) is 0 Å². The molecule has 0 aromatic heterocycles. The Kier molecular flexibility index (Phi) is 4.48. The van der Waals surface area contributed by atoms with Gasteiger partial charge in [0.2, 0.25) is 5.91 Å². The fourth-order valence-corrected chi connectivity index (χ4v) is 2.30. The second-order valence-corrected chi connectivity index (χ2v) is 4.20. The van der Waals surface area contributed by atoms with Gasteiger partial charge in [-0.1, -0.05) is 12.1 Å². The van der Waals surface area contributed by atoms with Crippen LogP contribution in [0.1, 0.15) is 18.4 Å². The van der Waals surface area contributed by atoms with E-state index in [0.717, 1.165) is 18.7 Å². The van der Waals surface area contributed by atoms with E-state index in [4.69, 9.17) is 5.73 Å². The maximum atomic E-state index is 12.9. The molecule has 94 valence electrons. The predicted octanol–water partition coefficient (Wildman–Crippen LogP) is 1.35. The van der Waals surface area contributed by atoms with Crippen molar-refractivity contribution < 1.29 is 9.18 Å². The summed E-state index contributed by atoms with van der Waals surface area (Å²) in [7, 11) is 0.